The molecule has 0 atom stereocenters. The lowest BCUT2D eigenvalue weighted by Gasteiger charge is -1.96. The lowest BCUT2D eigenvalue weighted by molar-refractivity contribution is 0.184. The SMILES string of the molecule is COCc1nnc(-n2nnc(CCO)c2C)s1. The molecule has 0 unspecified atom stereocenters. The second-order valence-electron chi connectivity index (χ2n) is 3.42. The Morgan fingerprint density at radius 2 is 2.18 bits per heavy atom. The van der Waals surface area contributed by atoms with Gasteiger partial charge in [0, 0.05) is 20.1 Å². The molecule has 0 aliphatic rings. The Kier molecular flexibility index (Phi) is 3.77. The molecular formula is C9H13N5O2S. The number of hydrogen-bond acceptors (Lipinski definition) is 7. The van der Waals surface area contributed by atoms with Crippen LogP contribution in [0.4, 0.5) is 0 Å². The monoisotopic (exact) mass is 255 g/mol. The summed E-state index contributed by atoms with van der Waals surface area (Å²) >= 11 is 1.41. The topological polar surface area (TPSA) is 86.0 Å². The molecular weight excluding hydrogens is 242 g/mol. The molecule has 2 aromatic heterocycles. The Labute approximate surface area is 102 Å². The van der Waals surface area contributed by atoms with Gasteiger partial charge in [0.05, 0.1) is 11.4 Å². The van der Waals surface area contributed by atoms with Crippen LogP contribution in [0.3, 0.4) is 0 Å². The van der Waals surface area contributed by atoms with Gasteiger partial charge in [-0.25, -0.2) is 0 Å². The quantitative estimate of drug-likeness (QED) is 0.816. The second kappa shape index (κ2) is 5.30. The van der Waals surface area contributed by atoms with Crippen LogP contribution in [0.1, 0.15) is 16.4 Å². The van der Waals surface area contributed by atoms with Gasteiger partial charge in [-0.1, -0.05) is 16.6 Å². The Balaban J connectivity index is 2.26. The first kappa shape index (κ1) is 12.1. The molecule has 17 heavy (non-hydrogen) atoms. The minimum absolute atomic E-state index is 0.0601. The first-order valence-electron chi connectivity index (χ1n) is 5.10. The minimum atomic E-state index is 0.0601. The Morgan fingerprint density at radius 3 is 2.88 bits per heavy atom. The number of rotatable bonds is 5. The molecule has 2 rings (SSSR count). The minimum Gasteiger partial charge on any atom is -0.396 e. The molecule has 92 valence electrons. The third-order valence-electron chi connectivity index (χ3n) is 2.24. The van der Waals surface area contributed by atoms with E-state index in [1.807, 2.05) is 6.92 Å². The van der Waals surface area contributed by atoms with E-state index in [0.29, 0.717) is 18.2 Å². The van der Waals surface area contributed by atoms with Crippen molar-refractivity contribution in [2.75, 3.05) is 13.7 Å². The van der Waals surface area contributed by atoms with Crippen LogP contribution in [0.15, 0.2) is 0 Å². The Morgan fingerprint density at radius 1 is 1.35 bits per heavy atom. The van der Waals surface area contributed by atoms with Crippen LogP contribution < -0.4 is 0 Å². The van der Waals surface area contributed by atoms with Crippen LogP contribution in [0, 0.1) is 6.92 Å². The zero-order chi connectivity index (χ0) is 12.3. The van der Waals surface area contributed by atoms with Gasteiger partial charge in [0.25, 0.3) is 0 Å². The number of aliphatic hydroxyl groups is 1. The highest BCUT2D eigenvalue weighted by Gasteiger charge is 2.13. The van der Waals surface area contributed by atoms with Crippen molar-refractivity contribution < 1.29 is 9.84 Å². The van der Waals surface area contributed by atoms with Gasteiger partial charge in [0.15, 0.2) is 0 Å². The van der Waals surface area contributed by atoms with Gasteiger partial charge in [0.2, 0.25) is 5.13 Å². The van der Waals surface area contributed by atoms with Gasteiger partial charge >= 0.3 is 0 Å². The highest BCUT2D eigenvalue weighted by Crippen LogP contribution is 2.17. The van der Waals surface area contributed by atoms with Crippen LogP contribution in [0.5, 0.6) is 0 Å². The first-order valence-corrected chi connectivity index (χ1v) is 5.91. The molecule has 0 bridgehead atoms. The van der Waals surface area contributed by atoms with Crippen molar-refractivity contribution in [2.45, 2.75) is 20.0 Å². The fourth-order valence-corrected chi connectivity index (χ4v) is 2.20. The number of hydrogen-bond donors (Lipinski definition) is 1. The van der Waals surface area contributed by atoms with E-state index in [2.05, 4.69) is 20.5 Å². The normalized spacial score (nSPS) is 11.0. The third kappa shape index (κ3) is 2.48. The number of methoxy groups -OCH3 is 1. The smallest absolute Gasteiger partial charge is 0.234 e. The molecule has 8 heteroatoms. The van der Waals surface area contributed by atoms with Crippen molar-refractivity contribution in [1.29, 1.82) is 0 Å². The molecule has 0 spiro atoms. The molecule has 7 nitrogen and oxygen atoms in total. The summed E-state index contributed by atoms with van der Waals surface area (Å²) in [5, 5.41) is 26.3. The van der Waals surface area contributed by atoms with Crippen LogP contribution in [0.2, 0.25) is 0 Å². The van der Waals surface area contributed by atoms with Gasteiger partial charge in [-0.15, -0.1) is 15.3 Å². The summed E-state index contributed by atoms with van der Waals surface area (Å²) in [4.78, 5) is 0. The lowest BCUT2D eigenvalue weighted by atomic mass is 10.3. The summed E-state index contributed by atoms with van der Waals surface area (Å²) in [5.41, 5.74) is 1.65. The van der Waals surface area contributed by atoms with Crippen molar-refractivity contribution >= 4 is 11.3 Å². The zero-order valence-corrected chi connectivity index (χ0v) is 10.4. The molecule has 2 aromatic rings. The Hall–Kier alpha value is -1.38. The van der Waals surface area contributed by atoms with Crippen molar-refractivity contribution in [1.82, 2.24) is 25.2 Å². The molecule has 0 aliphatic carbocycles. The number of aromatic nitrogens is 5. The predicted octanol–water partition coefficient (Wildman–Crippen LogP) is 0.108. The standard InChI is InChI=1S/C9H13N5O2S/c1-6-7(3-4-15)10-13-14(6)9-12-11-8(17-9)5-16-2/h15H,3-5H2,1-2H3. The number of aliphatic hydroxyl groups excluding tert-OH is 1. The van der Waals surface area contributed by atoms with Crippen LogP contribution in [-0.2, 0) is 17.8 Å². The van der Waals surface area contributed by atoms with E-state index in [-0.39, 0.29) is 6.61 Å². The van der Waals surface area contributed by atoms with Gasteiger partial charge in [-0.05, 0) is 6.92 Å². The van der Waals surface area contributed by atoms with Crippen LogP contribution in [-0.4, -0.2) is 44.0 Å². The zero-order valence-electron chi connectivity index (χ0n) is 9.62. The van der Waals surface area contributed by atoms with E-state index >= 15 is 0 Å². The summed E-state index contributed by atoms with van der Waals surface area (Å²) in [6.45, 7) is 2.39. The van der Waals surface area contributed by atoms with E-state index in [9.17, 15) is 0 Å². The summed E-state index contributed by atoms with van der Waals surface area (Å²) < 4.78 is 6.61. The molecule has 0 amide bonds. The van der Waals surface area contributed by atoms with E-state index < -0.39 is 0 Å². The maximum absolute atomic E-state index is 8.88. The van der Waals surface area contributed by atoms with Crippen LogP contribution >= 0.6 is 11.3 Å². The average molecular weight is 255 g/mol. The maximum atomic E-state index is 8.88. The highest BCUT2D eigenvalue weighted by molar-refractivity contribution is 7.13. The largest absolute Gasteiger partial charge is 0.396 e. The molecule has 1 N–H and O–H groups in total. The molecule has 2 heterocycles. The molecule has 0 radical (unpaired) electrons. The Bertz CT molecular complexity index is 495. The maximum Gasteiger partial charge on any atom is 0.234 e. The average Bonchev–Trinajstić information content (AvgIpc) is 2.89. The van der Waals surface area contributed by atoms with Gasteiger partial charge in [-0.3, -0.25) is 0 Å². The summed E-state index contributed by atoms with van der Waals surface area (Å²) in [5.74, 6) is 0. The fourth-order valence-electron chi connectivity index (χ4n) is 1.39. The molecule has 0 saturated heterocycles. The van der Waals surface area contributed by atoms with E-state index in [0.717, 1.165) is 16.4 Å². The van der Waals surface area contributed by atoms with Gasteiger partial charge in [0.1, 0.15) is 11.6 Å². The van der Waals surface area contributed by atoms with Gasteiger partial charge < -0.3 is 9.84 Å². The van der Waals surface area contributed by atoms with Gasteiger partial charge in [-0.2, -0.15) is 4.68 Å². The third-order valence-corrected chi connectivity index (χ3v) is 3.12. The summed E-state index contributed by atoms with van der Waals surface area (Å²) in [6.07, 6.45) is 0.496. The molecule has 0 aliphatic heterocycles. The highest BCUT2D eigenvalue weighted by atomic mass is 32.1. The predicted molar refractivity (Wildman–Crippen MR) is 61.1 cm³/mol. The van der Waals surface area contributed by atoms with Crippen molar-refractivity contribution in [2.24, 2.45) is 0 Å². The number of nitrogens with zero attached hydrogens (tertiary/aromatic N) is 5. The van der Waals surface area contributed by atoms with Crippen molar-refractivity contribution in [3.63, 3.8) is 0 Å². The van der Waals surface area contributed by atoms with E-state index in [4.69, 9.17) is 9.84 Å². The second-order valence-corrected chi connectivity index (χ2v) is 4.46. The molecule has 0 fully saturated rings. The van der Waals surface area contributed by atoms with Crippen LogP contribution in [0.25, 0.3) is 5.13 Å². The lowest BCUT2D eigenvalue weighted by Crippen LogP contribution is -1.99. The summed E-state index contributed by atoms with van der Waals surface area (Å²) in [7, 11) is 1.61. The fraction of sp³-hybridized carbons (Fsp3) is 0.556. The van der Waals surface area contributed by atoms with Crippen molar-refractivity contribution in [3.8, 4) is 5.13 Å². The van der Waals surface area contributed by atoms with E-state index in [1.54, 1.807) is 11.8 Å². The molecule has 0 aromatic carbocycles. The summed E-state index contributed by atoms with van der Waals surface area (Å²) in [6, 6.07) is 0. The van der Waals surface area contributed by atoms with E-state index in [1.165, 1.54) is 11.3 Å². The number of ether oxygens (including phenoxy) is 1. The van der Waals surface area contributed by atoms with Crippen molar-refractivity contribution in [3.05, 3.63) is 16.4 Å². The molecule has 0 saturated carbocycles. The first-order chi connectivity index (χ1) is 8.26.